The number of hydrogen-bond acceptors (Lipinski definition) is 7. The third-order valence-corrected chi connectivity index (χ3v) is 8.13. The largest absolute Gasteiger partial charge is 0.490 e. The van der Waals surface area contributed by atoms with E-state index in [0.717, 1.165) is 74.0 Å². The van der Waals surface area contributed by atoms with E-state index < -0.39 is 12.1 Å². The van der Waals surface area contributed by atoms with Crippen LogP contribution in [0, 0.1) is 6.92 Å². The summed E-state index contributed by atoms with van der Waals surface area (Å²) < 4.78 is 37.6. The van der Waals surface area contributed by atoms with E-state index in [-0.39, 0.29) is 13.0 Å². The monoisotopic (exact) mass is 580 g/mol. The van der Waals surface area contributed by atoms with Gasteiger partial charge in [-0.25, -0.2) is 9.78 Å². The van der Waals surface area contributed by atoms with Gasteiger partial charge in [-0.1, -0.05) is 25.6 Å². The number of ether oxygens (including phenoxy) is 1. The van der Waals surface area contributed by atoms with Crippen LogP contribution in [-0.2, 0) is 17.1 Å². The van der Waals surface area contributed by atoms with Gasteiger partial charge in [-0.05, 0) is 62.2 Å². The number of fused-ring (bicyclic) bond motifs is 2. The number of carboxylic acids is 1. The number of nitrogens with zero attached hydrogens (tertiary/aromatic N) is 3. The molecule has 1 saturated heterocycles. The summed E-state index contributed by atoms with van der Waals surface area (Å²) in [5.41, 5.74) is 4.34. The van der Waals surface area contributed by atoms with Crippen LogP contribution in [0.5, 0.6) is 5.75 Å². The van der Waals surface area contributed by atoms with E-state index in [9.17, 15) is 18.0 Å². The number of aryl methyl sites for hydroxylation is 1. The Morgan fingerprint density at radius 3 is 2.58 bits per heavy atom. The molecule has 3 heterocycles. The molecule has 0 atom stereocenters. The fourth-order valence-electron chi connectivity index (χ4n) is 4.61. The smallest absolute Gasteiger partial charge is 0.490 e. The van der Waals surface area contributed by atoms with Crippen molar-refractivity contribution in [2.24, 2.45) is 0 Å². The predicted molar refractivity (Wildman–Crippen MR) is 152 cm³/mol. The van der Waals surface area contributed by atoms with Crippen molar-refractivity contribution >= 4 is 34.3 Å². The number of H-pyrrole nitrogens is 1. The van der Waals surface area contributed by atoms with Gasteiger partial charge in [0.1, 0.15) is 18.2 Å². The molecule has 12 heteroatoms. The Labute approximate surface area is 235 Å². The van der Waals surface area contributed by atoms with Crippen LogP contribution in [0.1, 0.15) is 37.2 Å². The number of nitrogens with one attached hydrogen (secondary N) is 1. The Balaban J connectivity index is 0.000000492. The first-order valence-electron chi connectivity index (χ1n) is 12.6. The molecule has 1 fully saturated rings. The molecule has 8 nitrogen and oxygen atoms in total. The lowest BCUT2D eigenvalue weighted by Crippen LogP contribution is -2.34. The van der Waals surface area contributed by atoms with Crippen molar-refractivity contribution in [1.82, 2.24) is 14.9 Å². The number of halogens is 3. The molecule has 1 aromatic heterocycles. The van der Waals surface area contributed by atoms with Gasteiger partial charge in [0.25, 0.3) is 5.56 Å². The molecule has 218 valence electrons. The van der Waals surface area contributed by atoms with E-state index in [1.807, 2.05) is 36.9 Å². The van der Waals surface area contributed by atoms with Crippen molar-refractivity contribution in [2.45, 2.75) is 50.9 Å². The highest BCUT2D eigenvalue weighted by Gasteiger charge is 2.38. The number of carboxylic acid groups (broad SMARTS) is 1. The number of anilines is 1. The summed E-state index contributed by atoms with van der Waals surface area (Å²) in [5.74, 6) is -0.218. The molecule has 2 N–H and O–H groups in total. The molecule has 40 heavy (non-hydrogen) atoms. The quantitative estimate of drug-likeness (QED) is 0.424. The number of aromatic nitrogens is 2. The van der Waals surface area contributed by atoms with Gasteiger partial charge in [-0.3, -0.25) is 9.69 Å². The number of hydrogen-bond donors (Lipinski definition) is 2. The van der Waals surface area contributed by atoms with E-state index >= 15 is 0 Å². The van der Waals surface area contributed by atoms with Crippen LogP contribution in [0.4, 0.5) is 18.9 Å². The van der Waals surface area contributed by atoms with Gasteiger partial charge >= 0.3 is 12.1 Å². The maximum absolute atomic E-state index is 12.4. The van der Waals surface area contributed by atoms with Crippen LogP contribution in [-0.4, -0.2) is 70.7 Å². The molecule has 0 aliphatic carbocycles. The van der Waals surface area contributed by atoms with Crippen LogP contribution >= 0.6 is 11.8 Å². The molecule has 2 aliphatic heterocycles. The first-order chi connectivity index (χ1) is 18.5. The molecular formula is C28H35F3N4O4S. The number of thioether (sulfide) groups is 1. The number of alkyl halides is 3. The van der Waals surface area contributed by atoms with Crippen LogP contribution in [0.3, 0.4) is 0 Å². The Bertz CT molecular complexity index is 1370. The summed E-state index contributed by atoms with van der Waals surface area (Å²) in [6.45, 7) is 6.86. The minimum Gasteiger partial charge on any atom is -0.490 e. The second-order valence-electron chi connectivity index (χ2n) is 9.65. The number of rotatable bonds is 5. The molecule has 0 amide bonds. The molecule has 5 rings (SSSR count). The maximum atomic E-state index is 12.4. The zero-order valence-corrected chi connectivity index (χ0v) is 22.6. The zero-order chi connectivity index (χ0) is 28.2. The highest BCUT2D eigenvalue weighted by atomic mass is 32.2. The van der Waals surface area contributed by atoms with Crippen molar-refractivity contribution in [3.05, 3.63) is 63.7 Å². The summed E-state index contributed by atoms with van der Waals surface area (Å²) in [5, 5.41) is 8.40. The van der Waals surface area contributed by atoms with Gasteiger partial charge in [0.05, 0.1) is 28.9 Å². The minimum absolute atomic E-state index is 0. The Hall–Kier alpha value is -3.25. The van der Waals surface area contributed by atoms with Gasteiger partial charge in [0, 0.05) is 18.8 Å². The molecule has 0 unspecified atom stereocenters. The third-order valence-electron chi connectivity index (χ3n) is 6.75. The van der Waals surface area contributed by atoms with Crippen molar-refractivity contribution < 1.29 is 27.8 Å². The Morgan fingerprint density at radius 2 is 1.90 bits per heavy atom. The first kappa shape index (κ1) is 31.3. The topological polar surface area (TPSA) is 98.8 Å². The average molecular weight is 581 g/mol. The van der Waals surface area contributed by atoms with Gasteiger partial charge in [-0.15, -0.1) is 0 Å². The normalized spacial score (nSPS) is 15.9. The van der Waals surface area contributed by atoms with Crippen molar-refractivity contribution in [3.8, 4) is 5.75 Å². The van der Waals surface area contributed by atoms with Gasteiger partial charge < -0.3 is 19.7 Å². The van der Waals surface area contributed by atoms with Crippen molar-refractivity contribution in [2.75, 3.05) is 38.2 Å². The number of piperidine rings is 1. The number of carbonyl (C=O) groups is 1. The van der Waals surface area contributed by atoms with Crippen molar-refractivity contribution in [3.63, 3.8) is 0 Å². The maximum Gasteiger partial charge on any atom is 0.490 e. The number of likely N-dealkylation sites (N-methyl/N-ethyl adjacent to an activating group) is 1. The predicted octanol–water partition coefficient (Wildman–Crippen LogP) is 5.23. The number of benzene rings is 2. The molecule has 0 spiro atoms. The zero-order valence-electron chi connectivity index (χ0n) is 21.8. The number of likely N-dealkylation sites (tertiary alicyclic amines) is 1. The standard InChI is InChI=1S/C25H30N4O2S.C2HF3O2.CH4/c1-17-4-3-5-20-24(17)26-23(27-25(20)30)16-32-19-8-10-29(11-9-19)15-18-6-7-21-22(14-18)31-13-12-28(21)2;3-2(4,5)1(6)7;/h3-7,14,19H,8-13,15-16H2,1-2H3,(H,26,27,30);(H,6,7);1H4. The molecule has 3 aromatic rings. The number of aliphatic carboxylic acids is 1. The summed E-state index contributed by atoms with van der Waals surface area (Å²) in [6.07, 6.45) is -2.77. The van der Waals surface area contributed by atoms with Gasteiger partial charge in [0.15, 0.2) is 0 Å². The molecule has 0 saturated carbocycles. The van der Waals surface area contributed by atoms with E-state index in [1.54, 1.807) is 0 Å². The van der Waals surface area contributed by atoms with E-state index in [4.69, 9.17) is 19.6 Å². The van der Waals surface area contributed by atoms with Crippen LogP contribution in [0.25, 0.3) is 10.9 Å². The lowest BCUT2D eigenvalue weighted by Gasteiger charge is -2.32. The summed E-state index contributed by atoms with van der Waals surface area (Å²) in [6, 6.07) is 12.4. The first-order valence-corrected chi connectivity index (χ1v) is 13.7. The summed E-state index contributed by atoms with van der Waals surface area (Å²) >= 11 is 1.92. The van der Waals surface area contributed by atoms with Crippen LogP contribution in [0.2, 0.25) is 0 Å². The Kier molecular flexibility index (Phi) is 10.5. The molecule has 2 aliphatic rings. The van der Waals surface area contributed by atoms with Gasteiger partial charge in [-0.2, -0.15) is 24.9 Å². The molecule has 0 radical (unpaired) electrons. The van der Waals surface area contributed by atoms with Crippen molar-refractivity contribution in [1.29, 1.82) is 0 Å². The van der Waals surface area contributed by atoms with E-state index in [2.05, 4.69) is 40.0 Å². The summed E-state index contributed by atoms with van der Waals surface area (Å²) in [7, 11) is 2.12. The fraction of sp³-hybridized carbons (Fsp3) is 0.464. The number of aromatic amines is 1. The lowest BCUT2D eigenvalue weighted by molar-refractivity contribution is -0.192. The molecule has 2 aromatic carbocycles. The highest BCUT2D eigenvalue weighted by Crippen LogP contribution is 2.32. The van der Waals surface area contributed by atoms with E-state index in [1.165, 1.54) is 11.3 Å². The van der Waals surface area contributed by atoms with Crippen LogP contribution < -0.4 is 15.2 Å². The lowest BCUT2D eigenvalue weighted by atomic mass is 10.1. The average Bonchev–Trinajstić information content (AvgIpc) is 2.89. The van der Waals surface area contributed by atoms with Crippen LogP contribution in [0.15, 0.2) is 41.2 Å². The minimum atomic E-state index is -5.08. The summed E-state index contributed by atoms with van der Waals surface area (Å²) in [4.78, 5) is 33.8. The molecule has 0 bridgehead atoms. The Morgan fingerprint density at radius 1 is 1.20 bits per heavy atom. The second-order valence-corrected chi connectivity index (χ2v) is 10.9. The SMILES string of the molecule is C.Cc1cccc2c(=O)[nH]c(CSC3CCN(Cc4ccc5c(c4)OCCN5C)CC3)nc12.O=C(O)C(F)(F)F. The highest BCUT2D eigenvalue weighted by molar-refractivity contribution is 7.99. The molecular weight excluding hydrogens is 545 g/mol. The van der Waals surface area contributed by atoms with Gasteiger partial charge in [0.2, 0.25) is 0 Å². The van der Waals surface area contributed by atoms with E-state index in [0.29, 0.717) is 10.6 Å². The second kappa shape index (κ2) is 13.4. The fourth-order valence-corrected chi connectivity index (χ4v) is 5.68. The third kappa shape index (κ3) is 7.91. The number of para-hydroxylation sites is 1.